The molecule has 0 spiro atoms. The number of hydrogen-bond donors (Lipinski definition) is 0. The molecular formula is C18H15N3O4S. The number of pyridine rings is 1. The first-order chi connectivity index (χ1) is 12.5. The molecule has 0 bridgehead atoms. The molecule has 0 radical (unpaired) electrons. The zero-order valence-corrected chi connectivity index (χ0v) is 14.4. The summed E-state index contributed by atoms with van der Waals surface area (Å²) in [5.41, 5.74) is 0.674. The molecule has 1 aromatic heterocycles. The predicted octanol–water partition coefficient (Wildman–Crippen LogP) is 3.39. The van der Waals surface area contributed by atoms with Gasteiger partial charge in [-0.15, -0.1) is 0 Å². The minimum atomic E-state index is -4.16. The van der Waals surface area contributed by atoms with Gasteiger partial charge in [0.1, 0.15) is 0 Å². The van der Waals surface area contributed by atoms with Crippen molar-refractivity contribution in [3.63, 3.8) is 0 Å². The predicted molar refractivity (Wildman–Crippen MR) is 97.1 cm³/mol. The number of sulfonamides is 1. The van der Waals surface area contributed by atoms with Crippen molar-refractivity contribution in [2.24, 2.45) is 0 Å². The monoisotopic (exact) mass is 369 g/mol. The Balaban J connectivity index is 2.14. The molecule has 0 aliphatic heterocycles. The molecule has 7 nitrogen and oxygen atoms in total. The summed E-state index contributed by atoms with van der Waals surface area (Å²) in [7, 11) is -4.16. The van der Waals surface area contributed by atoms with Crippen molar-refractivity contribution in [2.75, 3.05) is 4.31 Å². The van der Waals surface area contributed by atoms with E-state index in [1.807, 2.05) is 6.07 Å². The number of nitro benzene ring substituents is 1. The van der Waals surface area contributed by atoms with Gasteiger partial charge in [-0.05, 0) is 23.8 Å². The van der Waals surface area contributed by atoms with Crippen LogP contribution in [0.1, 0.15) is 5.56 Å². The largest absolute Gasteiger partial charge is 0.289 e. The average molecular weight is 369 g/mol. The van der Waals surface area contributed by atoms with Crippen LogP contribution in [0, 0.1) is 10.1 Å². The minimum Gasteiger partial charge on any atom is -0.265 e. The highest BCUT2D eigenvalue weighted by Gasteiger charge is 2.31. The van der Waals surface area contributed by atoms with Crippen LogP contribution in [0.5, 0.6) is 0 Å². The van der Waals surface area contributed by atoms with Gasteiger partial charge in [-0.2, -0.15) is 0 Å². The van der Waals surface area contributed by atoms with Crippen LogP contribution in [-0.4, -0.2) is 18.3 Å². The van der Waals surface area contributed by atoms with Gasteiger partial charge < -0.3 is 0 Å². The highest BCUT2D eigenvalue weighted by molar-refractivity contribution is 7.93. The molecule has 0 N–H and O–H groups in total. The molecule has 0 atom stereocenters. The molecule has 0 fully saturated rings. The number of hydrogen-bond acceptors (Lipinski definition) is 5. The lowest BCUT2D eigenvalue weighted by atomic mass is 10.2. The van der Waals surface area contributed by atoms with Crippen molar-refractivity contribution in [1.29, 1.82) is 0 Å². The number of benzene rings is 2. The van der Waals surface area contributed by atoms with Gasteiger partial charge in [-0.3, -0.25) is 19.4 Å². The van der Waals surface area contributed by atoms with Crippen LogP contribution in [0.25, 0.3) is 0 Å². The molecular weight excluding hydrogens is 354 g/mol. The van der Waals surface area contributed by atoms with E-state index in [0.29, 0.717) is 5.69 Å². The zero-order valence-electron chi connectivity index (χ0n) is 13.6. The smallest absolute Gasteiger partial charge is 0.265 e. The summed E-state index contributed by atoms with van der Waals surface area (Å²) in [5.74, 6) is 0. The van der Waals surface area contributed by atoms with E-state index in [9.17, 15) is 18.5 Å². The Bertz CT molecular complexity index is 1010. The number of rotatable bonds is 6. The normalized spacial score (nSPS) is 11.1. The summed E-state index contributed by atoms with van der Waals surface area (Å²) < 4.78 is 27.7. The number of para-hydroxylation sites is 1. The van der Waals surface area contributed by atoms with Crippen molar-refractivity contribution in [3.05, 3.63) is 94.8 Å². The maximum Gasteiger partial charge on any atom is 0.289 e. The lowest BCUT2D eigenvalue weighted by Crippen LogP contribution is -2.31. The molecule has 0 aliphatic carbocycles. The van der Waals surface area contributed by atoms with E-state index in [1.165, 1.54) is 36.7 Å². The summed E-state index contributed by atoms with van der Waals surface area (Å²) in [6.45, 7) is 0.0409. The molecule has 0 unspecified atom stereocenters. The first-order valence-electron chi connectivity index (χ1n) is 7.70. The second-order valence-corrected chi connectivity index (χ2v) is 7.26. The van der Waals surface area contributed by atoms with Crippen LogP contribution in [0.3, 0.4) is 0 Å². The molecule has 132 valence electrons. The average Bonchev–Trinajstić information content (AvgIpc) is 2.67. The standard InChI is InChI=1S/C18H15N3O4S/c22-21(23)17-8-4-5-9-18(17)26(24,25)20(16-10-12-19-13-11-16)14-15-6-2-1-3-7-15/h1-13H,14H2. The summed E-state index contributed by atoms with van der Waals surface area (Å²) in [6, 6.07) is 17.5. The maximum absolute atomic E-state index is 13.3. The van der Waals surface area contributed by atoms with Gasteiger partial charge in [0.2, 0.25) is 0 Å². The second kappa shape index (κ2) is 7.32. The van der Waals surface area contributed by atoms with Gasteiger partial charge in [0.15, 0.2) is 4.90 Å². The van der Waals surface area contributed by atoms with Crippen LogP contribution < -0.4 is 4.31 Å². The van der Waals surface area contributed by atoms with E-state index in [2.05, 4.69) is 4.98 Å². The van der Waals surface area contributed by atoms with Crippen molar-refractivity contribution in [1.82, 2.24) is 4.98 Å². The quantitative estimate of drug-likeness (QED) is 0.490. The fraction of sp³-hybridized carbons (Fsp3) is 0.0556. The molecule has 3 aromatic rings. The Kier molecular flexibility index (Phi) is 4.94. The lowest BCUT2D eigenvalue weighted by molar-refractivity contribution is -0.387. The van der Waals surface area contributed by atoms with Crippen LogP contribution in [-0.2, 0) is 16.6 Å². The van der Waals surface area contributed by atoms with Gasteiger partial charge in [-0.25, -0.2) is 8.42 Å². The third-order valence-corrected chi connectivity index (χ3v) is 5.57. The lowest BCUT2D eigenvalue weighted by Gasteiger charge is -2.24. The zero-order chi connectivity index (χ0) is 18.6. The third kappa shape index (κ3) is 3.55. The van der Waals surface area contributed by atoms with Gasteiger partial charge >= 0.3 is 0 Å². The number of aromatic nitrogens is 1. The van der Waals surface area contributed by atoms with Gasteiger partial charge in [0.05, 0.1) is 17.2 Å². The SMILES string of the molecule is O=[N+]([O-])c1ccccc1S(=O)(=O)N(Cc1ccccc1)c1ccncc1. The first kappa shape index (κ1) is 17.6. The van der Waals surface area contributed by atoms with Crippen LogP contribution in [0.4, 0.5) is 11.4 Å². The molecule has 0 aliphatic rings. The molecule has 8 heteroatoms. The van der Waals surface area contributed by atoms with Crippen molar-refractivity contribution < 1.29 is 13.3 Å². The third-order valence-electron chi connectivity index (χ3n) is 3.75. The molecule has 2 aromatic carbocycles. The summed E-state index contributed by atoms with van der Waals surface area (Å²) >= 11 is 0. The summed E-state index contributed by atoms with van der Waals surface area (Å²) in [4.78, 5) is 14.2. The van der Waals surface area contributed by atoms with Gasteiger partial charge in [-0.1, -0.05) is 42.5 Å². The minimum absolute atomic E-state index is 0.0409. The molecule has 0 saturated heterocycles. The van der Waals surface area contributed by atoms with Crippen LogP contribution in [0.2, 0.25) is 0 Å². The fourth-order valence-corrected chi connectivity index (χ4v) is 4.13. The number of nitrogens with zero attached hydrogens (tertiary/aromatic N) is 3. The first-order valence-corrected chi connectivity index (χ1v) is 9.14. The Morgan fingerprint density at radius 2 is 1.54 bits per heavy atom. The van der Waals surface area contributed by atoms with Crippen LogP contribution >= 0.6 is 0 Å². The molecule has 0 saturated carbocycles. The van der Waals surface area contributed by atoms with E-state index in [4.69, 9.17) is 0 Å². The topological polar surface area (TPSA) is 93.4 Å². The van der Waals surface area contributed by atoms with E-state index >= 15 is 0 Å². The van der Waals surface area contributed by atoms with Gasteiger partial charge in [0.25, 0.3) is 15.7 Å². The number of anilines is 1. The summed E-state index contributed by atoms with van der Waals surface area (Å²) in [5, 5.41) is 11.3. The maximum atomic E-state index is 13.3. The molecule has 0 amide bonds. The fourth-order valence-electron chi connectivity index (χ4n) is 2.52. The van der Waals surface area contributed by atoms with Crippen molar-refractivity contribution in [3.8, 4) is 0 Å². The van der Waals surface area contributed by atoms with Crippen molar-refractivity contribution >= 4 is 21.4 Å². The Morgan fingerprint density at radius 3 is 2.19 bits per heavy atom. The second-order valence-electron chi connectivity index (χ2n) is 5.43. The highest BCUT2D eigenvalue weighted by Crippen LogP contribution is 2.30. The molecule has 1 heterocycles. The van der Waals surface area contributed by atoms with Crippen LogP contribution in [0.15, 0.2) is 84.0 Å². The molecule has 3 rings (SSSR count). The van der Waals surface area contributed by atoms with E-state index < -0.39 is 20.6 Å². The van der Waals surface area contributed by atoms with E-state index in [1.54, 1.807) is 36.4 Å². The van der Waals surface area contributed by atoms with E-state index in [-0.39, 0.29) is 11.4 Å². The Hall–Kier alpha value is -3.26. The number of nitro groups is 1. The van der Waals surface area contributed by atoms with E-state index in [0.717, 1.165) is 9.87 Å². The molecule has 26 heavy (non-hydrogen) atoms. The van der Waals surface area contributed by atoms with Gasteiger partial charge in [0, 0.05) is 18.5 Å². The summed E-state index contributed by atoms with van der Waals surface area (Å²) in [6.07, 6.45) is 2.95. The Labute approximate surface area is 150 Å². The highest BCUT2D eigenvalue weighted by atomic mass is 32.2. The van der Waals surface area contributed by atoms with Crippen molar-refractivity contribution in [2.45, 2.75) is 11.4 Å². The Morgan fingerprint density at radius 1 is 0.923 bits per heavy atom.